The molecule has 11 amide bonds. The Balaban J connectivity index is 0.517. The Morgan fingerprint density at radius 2 is 0.924 bits per heavy atom. The number of nitrogens with one attached hydrogen (secondary N) is 11. The van der Waals surface area contributed by atoms with E-state index in [1.165, 1.54) is 55.2 Å². The Bertz CT molecular complexity index is 4780. The molecule has 2 atom stereocenters. The first-order chi connectivity index (χ1) is 57.3. The summed E-state index contributed by atoms with van der Waals surface area (Å²) in [5, 5.41) is 31.6. The van der Waals surface area contributed by atoms with Crippen molar-refractivity contribution in [2.45, 2.75) is 70.9 Å². The average Bonchev–Trinajstić information content (AvgIpc) is 1.34. The average molecular weight is 1670 g/mol. The molecule has 8 aromatic rings. The van der Waals surface area contributed by atoms with Gasteiger partial charge in [0.15, 0.2) is 17.5 Å². The van der Waals surface area contributed by atoms with Gasteiger partial charge in [-0.05, 0) is 124 Å². The van der Waals surface area contributed by atoms with Crippen LogP contribution in [0.1, 0.15) is 134 Å². The van der Waals surface area contributed by atoms with Gasteiger partial charge < -0.3 is 115 Å². The van der Waals surface area contributed by atoms with E-state index in [0.29, 0.717) is 108 Å². The molecule has 0 radical (unpaired) electrons. The third kappa shape index (κ3) is 28.6. The number of ether oxygens (including phenoxy) is 5. The number of carbonyl (C=O) groups is 11. The summed E-state index contributed by atoms with van der Waals surface area (Å²) in [5.41, 5.74) is 6.33. The van der Waals surface area contributed by atoms with Crippen molar-refractivity contribution in [3.05, 3.63) is 161 Å². The SMILES string of the molecule is CC(=O)N1c2ccc(-c3ccc(C(=O)NCCOCCOCCOCCOCCOCCC(=O)NCCCN(C)CCCNC(=O)CCNC(=O)c4nc(NC(=O)CCNC(=O)c5cc(NC(=O)c6nc(NC(=O)CCNC(=O)c7cc(NC(=O)c8nccn8C)cn7C)cn6C)cn5C)cn4C)cc3)cc2[C@H](Nc2ccc(Cl)cc2)C[C@@H]1C. The number of fused-ring (bicyclic) bond motifs is 1. The number of rotatable bonds is 48. The topological polar surface area (TPSA) is 436 Å². The number of hydrogen-bond donors (Lipinski definition) is 11. The molecule has 0 bridgehead atoms. The first kappa shape index (κ1) is 90.8. The minimum absolute atomic E-state index is 0.00399. The quantitative estimate of drug-likeness (QED) is 0.0219. The van der Waals surface area contributed by atoms with Crippen molar-refractivity contribution in [3.8, 4) is 11.1 Å². The lowest BCUT2D eigenvalue weighted by atomic mass is 9.88. The summed E-state index contributed by atoms with van der Waals surface area (Å²) in [6.07, 6.45) is 11.2. The summed E-state index contributed by atoms with van der Waals surface area (Å²) in [4.78, 5) is 158. The van der Waals surface area contributed by atoms with Crippen LogP contribution >= 0.6 is 11.6 Å². The predicted molar refractivity (Wildman–Crippen MR) is 445 cm³/mol. The Labute approximate surface area is 694 Å². The first-order valence-corrected chi connectivity index (χ1v) is 39.5. The van der Waals surface area contributed by atoms with Crippen LogP contribution in [-0.2, 0) is 82.9 Å². The monoisotopic (exact) mass is 1660 g/mol. The van der Waals surface area contributed by atoms with Crippen molar-refractivity contribution in [3.63, 3.8) is 0 Å². The molecular weight excluding hydrogens is 1560 g/mol. The second kappa shape index (κ2) is 46.1. The molecule has 0 spiro atoms. The number of nitrogens with zero attached hydrogens (tertiary/aromatic N) is 10. The number of imidazole rings is 3. The van der Waals surface area contributed by atoms with Crippen LogP contribution in [0.5, 0.6) is 0 Å². The Hall–Kier alpha value is -12.1. The van der Waals surface area contributed by atoms with E-state index < -0.39 is 41.4 Å². The van der Waals surface area contributed by atoms with E-state index in [0.717, 1.165) is 47.5 Å². The van der Waals surface area contributed by atoms with Gasteiger partial charge >= 0.3 is 0 Å². The van der Waals surface area contributed by atoms with Crippen molar-refractivity contribution in [1.82, 2.24) is 74.6 Å². The lowest BCUT2D eigenvalue weighted by Crippen LogP contribution is -2.43. The lowest BCUT2D eigenvalue weighted by Gasteiger charge is -2.39. The molecule has 0 aliphatic carbocycles. The standard InChI is InChI=1S/C81H106ClN21O16/c1-53-45-63(90-59-18-16-58(82)17-19-59)62-46-57(15-20-64(62)103(53)54(2)104)55-11-13-56(14-12-55)76(109)89-31-36-116-38-40-118-42-44-119-43-41-117-39-37-115-35-24-70(106)84-26-10-33-97(3)32-9-25-83-69(105)21-27-88-79(112)74-95-67(51-101(74)7)93-71(107)22-28-87-78(111)66-48-61(50-100(66)6)92-81(114)75-96-68(52-102(75)8)94-72(108)23-29-86-77(110)65-47-60(49-99(65)5)91-80(113)73-85-30-34-98(73)4/h11-20,30,34,46-53,63,90H,9-10,21-29,31-33,35-45H2,1-8H3,(H,83,105)(H,84,106)(H,86,110)(H,87,111)(H,88,112)(H,89,109)(H,91,113)(H,92,114)(H,93,107)(H,94,108)/t53-,63+/m0/s1. The van der Waals surface area contributed by atoms with Gasteiger partial charge in [-0.2, -0.15) is 0 Å². The summed E-state index contributed by atoms with van der Waals surface area (Å²) in [5.74, 6) is -3.89. The maximum absolute atomic E-state index is 13.3. The maximum atomic E-state index is 13.3. The minimum atomic E-state index is -0.641. The van der Waals surface area contributed by atoms with E-state index in [9.17, 15) is 52.7 Å². The van der Waals surface area contributed by atoms with Gasteiger partial charge in [-0.3, -0.25) is 52.7 Å². The summed E-state index contributed by atoms with van der Waals surface area (Å²) < 4.78 is 35.3. The molecule has 6 heterocycles. The van der Waals surface area contributed by atoms with Gasteiger partial charge in [-0.1, -0.05) is 29.8 Å². The molecule has 119 heavy (non-hydrogen) atoms. The normalized spacial score (nSPS) is 12.9. The number of anilines is 6. The van der Waals surface area contributed by atoms with Crippen LogP contribution in [0.2, 0.25) is 5.02 Å². The fourth-order valence-electron chi connectivity index (χ4n) is 12.8. The molecule has 11 N–H and O–H groups in total. The predicted octanol–water partition coefficient (Wildman–Crippen LogP) is 5.17. The third-order valence-electron chi connectivity index (χ3n) is 18.9. The Morgan fingerprint density at radius 1 is 0.454 bits per heavy atom. The van der Waals surface area contributed by atoms with Gasteiger partial charge in [-0.15, -0.1) is 0 Å². The fraction of sp³-hybridized carbons (Fsp3) is 0.432. The highest BCUT2D eigenvalue weighted by atomic mass is 35.5. The number of amides is 11. The molecule has 0 saturated heterocycles. The highest BCUT2D eigenvalue weighted by Crippen LogP contribution is 2.41. The second-order valence-corrected chi connectivity index (χ2v) is 28.7. The molecule has 0 saturated carbocycles. The zero-order valence-electron chi connectivity index (χ0n) is 68.2. The Kier molecular flexibility index (Phi) is 35.2. The van der Waals surface area contributed by atoms with Crippen LogP contribution < -0.4 is 63.4 Å². The van der Waals surface area contributed by atoms with Gasteiger partial charge in [0.25, 0.3) is 35.4 Å². The Morgan fingerprint density at radius 3 is 1.45 bits per heavy atom. The fourth-order valence-corrected chi connectivity index (χ4v) is 13.0. The van der Waals surface area contributed by atoms with Crippen LogP contribution in [0.4, 0.5) is 34.4 Å². The van der Waals surface area contributed by atoms with Crippen LogP contribution in [0.25, 0.3) is 11.1 Å². The lowest BCUT2D eigenvalue weighted by molar-refractivity contribution is -0.122. The van der Waals surface area contributed by atoms with Gasteiger partial charge in [-0.25, -0.2) is 15.0 Å². The molecular formula is C81H106ClN21O16. The summed E-state index contributed by atoms with van der Waals surface area (Å²) in [6.45, 7) is 9.88. The van der Waals surface area contributed by atoms with Crippen LogP contribution in [0.15, 0.2) is 116 Å². The molecule has 37 nitrogen and oxygen atoms in total. The number of hydrogen-bond acceptors (Lipinski definition) is 21. The van der Waals surface area contributed by atoms with Crippen LogP contribution in [-0.4, -0.2) is 239 Å². The van der Waals surface area contributed by atoms with Crippen LogP contribution in [0, 0.1) is 0 Å². The van der Waals surface area contributed by atoms with Crippen molar-refractivity contribution in [2.75, 3.05) is 157 Å². The van der Waals surface area contributed by atoms with Crippen molar-refractivity contribution in [2.24, 2.45) is 35.2 Å². The van der Waals surface area contributed by atoms with Crippen LogP contribution in [0.3, 0.4) is 0 Å². The number of carbonyl (C=O) groups excluding carboxylic acids is 11. The number of aromatic nitrogens is 8. The molecule has 638 valence electrons. The first-order valence-electron chi connectivity index (χ1n) is 39.2. The van der Waals surface area contributed by atoms with Gasteiger partial charge in [0, 0.05) is 172 Å². The minimum Gasteiger partial charge on any atom is -0.379 e. The molecule has 1 aliphatic rings. The van der Waals surface area contributed by atoms with Gasteiger partial charge in [0.05, 0.1) is 83.5 Å². The van der Waals surface area contributed by atoms with E-state index >= 15 is 0 Å². The maximum Gasteiger partial charge on any atom is 0.291 e. The molecule has 38 heteroatoms. The number of benzene rings is 3. The second-order valence-electron chi connectivity index (χ2n) is 28.3. The number of aryl methyl sites for hydroxylation is 5. The smallest absolute Gasteiger partial charge is 0.291 e. The van der Waals surface area contributed by atoms with Crippen molar-refractivity contribution < 1.29 is 76.4 Å². The summed E-state index contributed by atoms with van der Waals surface area (Å²) >= 11 is 6.14. The van der Waals surface area contributed by atoms with Gasteiger partial charge in [0.2, 0.25) is 41.2 Å². The zero-order chi connectivity index (χ0) is 85.3. The summed E-state index contributed by atoms with van der Waals surface area (Å²) in [6, 6.07) is 24.1. The molecule has 5 aromatic heterocycles. The summed E-state index contributed by atoms with van der Waals surface area (Å²) in [7, 11) is 10.0. The zero-order valence-corrected chi connectivity index (χ0v) is 68.9. The highest BCUT2D eigenvalue weighted by molar-refractivity contribution is 6.30. The number of halogens is 1. The van der Waals surface area contributed by atoms with E-state index in [-0.39, 0.29) is 134 Å². The van der Waals surface area contributed by atoms with E-state index in [4.69, 9.17) is 35.3 Å². The molecule has 0 fully saturated rings. The van der Waals surface area contributed by atoms with Crippen molar-refractivity contribution in [1.29, 1.82) is 0 Å². The molecule has 9 rings (SSSR count). The van der Waals surface area contributed by atoms with Crippen molar-refractivity contribution >= 4 is 111 Å². The van der Waals surface area contributed by atoms with E-state index in [1.807, 2.05) is 60.5 Å². The third-order valence-corrected chi connectivity index (χ3v) is 19.1. The highest BCUT2D eigenvalue weighted by Gasteiger charge is 2.33. The van der Waals surface area contributed by atoms with E-state index in [2.05, 4.69) is 91.3 Å². The largest absolute Gasteiger partial charge is 0.379 e. The molecule has 0 unspecified atom stereocenters. The molecule has 3 aromatic carbocycles. The molecule has 1 aliphatic heterocycles. The van der Waals surface area contributed by atoms with Gasteiger partial charge in [0.1, 0.15) is 11.4 Å². The van der Waals surface area contributed by atoms with E-state index in [1.54, 1.807) is 71.3 Å².